The first-order valence-electron chi connectivity index (χ1n) is 6.18. The average Bonchev–Trinajstić information content (AvgIpc) is 2.23. The Kier molecular flexibility index (Phi) is 8.40. The fourth-order valence-corrected chi connectivity index (χ4v) is 1.60. The number of rotatable bonds is 9. The van der Waals surface area contributed by atoms with E-state index < -0.39 is 5.97 Å². The summed E-state index contributed by atoms with van der Waals surface area (Å²) in [7, 11) is 0. The van der Waals surface area contributed by atoms with Gasteiger partial charge in [-0.15, -0.1) is 0 Å². The third-order valence-corrected chi connectivity index (χ3v) is 2.76. The molecule has 17 heavy (non-hydrogen) atoms. The van der Waals surface area contributed by atoms with E-state index in [9.17, 15) is 9.59 Å². The second-order valence-electron chi connectivity index (χ2n) is 4.58. The van der Waals surface area contributed by atoms with Gasteiger partial charge < -0.3 is 16.2 Å². The number of nitrogens with one attached hydrogen (secondary N) is 1. The number of carboxylic acid groups (broad SMARTS) is 1. The van der Waals surface area contributed by atoms with E-state index in [2.05, 4.69) is 5.32 Å². The Morgan fingerprint density at radius 2 is 1.88 bits per heavy atom. The van der Waals surface area contributed by atoms with Gasteiger partial charge in [-0.3, -0.25) is 9.59 Å². The summed E-state index contributed by atoms with van der Waals surface area (Å²) >= 11 is 0. The Bertz CT molecular complexity index is 242. The number of nitrogens with two attached hydrogens (primary N) is 1. The number of aliphatic carboxylic acids is 1. The van der Waals surface area contributed by atoms with E-state index in [0.29, 0.717) is 19.5 Å². The standard InChI is InChI=1S/C12H24N2O3/c1-9(2)10(8-13)12(17)14-7-5-3-4-6-11(15)16/h9-10H,3-8,13H2,1-2H3,(H,14,17)(H,15,16). The number of carbonyl (C=O) groups is 2. The van der Waals surface area contributed by atoms with Gasteiger partial charge in [0.1, 0.15) is 0 Å². The summed E-state index contributed by atoms with van der Waals surface area (Å²) in [4.78, 5) is 21.9. The number of hydrogen-bond acceptors (Lipinski definition) is 3. The average molecular weight is 244 g/mol. The molecule has 0 bridgehead atoms. The van der Waals surface area contributed by atoms with Crippen molar-refractivity contribution in [1.82, 2.24) is 5.32 Å². The van der Waals surface area contributed by atoms with Crippen LogP contribution in [0.25, 0.3) is 0 Å². The van der Waals surface area contributed by atoms with E-state index in [0.717, 1.165) is 12.8 Å². The van der Waals surface area contributed by atoms with Crippen LogP contribution < -0.4 is 11.1 Å². The molecule has 0 heterocycles. The van der Waals surface area contributed by atoms with Gasteiger partial charge in [0.05, 0.1) is 5.92 Å². The number of unbranched alkanes of at least 4 members (excludes halogenated alkanes) is 2. The Morgan fingerprint density at radius 3 is 2.35 bits per heavy atom. The Morgan fingerprint density at radius 1 is 1.24 bits per heavy atom. The van der Waals surface area contributed by atoms with Crippen LogP contribution in [0, 0.1) is 11.8 Å². The highest BCUT2D eigenvalue weighted by atomic mass is 16.4. The highest BCUT2D eigenvalue weighted by Crippen LogP contribution is 2.09. The summed E-state index contributed by atoms with van der Waals surface area (Å²) in [6.07, 6.45) is 2.50. The summed E-state index contributed by atoms with van der Waals surface area (Å²) in [5, 5.41) is 11.3. The molecule has 0 aliphatic heterocycles. The SMILES string of the molecule is CC(C)C(CN)C(=O)NCCCCCC(=O)O. The Balaban J connectivity index is 3.60. The third kappa shape index (κ3) is 7.74. The maximum absolute atomic E-state index is 11.7. The molecular formula is C12H24N2O3. The molecule has 0 aliphatic rings. The molecule has 5 heteroatoms. The maximum atomic E-state index is 11.7. The lowest BCUT2D eigenvalue weighted by Crippen LogP contribution is -2.38. The lowest BCUT2D eigenvalue weighted by Gasteiger charge is -2.18. The second kappa shape index (κ2) is 8.98. The predicted molar refractivity (Wildman–Crippen MR) is 66.5 cm³/mol. The van der Waals surface area contributed by atoms with E-state index in [4.69, 9.17) is 10.8 Å². The first-order chi connectivity index (χ1) is 7.99. The topological polar surface area (TPSA) is 92.4 Å². The molecule has 0 saturated carbocycles. The summed E-state index contributed by atoms with van der Waals surface area (Å²) in [6.45, 7) is 4.91. The van der Waals surface area contributed by atoms with Gasteiger partial charge in [-0.05, 0) is 18.8 Å². The highest BCUT2D eigenvalue weighted by Gasteiger charge is 2.19. The smallest absolute Gasteiger partial charge is 0.303 e. The molecule has 0 aromatic heterocycles. The molecule has 1 unspecified atom stereocenters. The van der Waals surface area contributed by atoms with Crippen molar-refractivity contribution >= 4 is 11.9 Å². The summed E-state index contributed by atoms with van der Waals surface area (Å²) in [6, 6.07) is 0. The van der Waals surface area contributed by atoms with E-state index >= 15 is 0 Å². The van der Waals surface area contributed by atoms with Crippen LogP contribution in [-0.2, 0) is 9.59 Å². The van der Waals surface area contributed by atoms with Crippen LogP contribution >= 0.6 is 0 Å². The van der Waals surface area contributed by atoms with Crippen LogP contribution in [0.1, 0.15) is 39.5 Å². The van der Waals surface area contributed by atoms with Crippen molar-refractivity contribution in [2.75, 3.05) is 13.1 Å². The van der Waals surface area contributed by atoms with Crippen LogP contribution in [0.2, 0.25) is 0 Å². The zero-order valence-electron chi connectivity index (χ0n) is 10.7. The molecule has 100 valence electrons. The monoisotopic (exact) mass is 244 g/mol. The predicted octanol–water partition coefficient (Wildman–Crippen LogP) is 0.979. The van der Waals surface area contributed by atoms with Gasteiger partial charge in [0.25, 0.3) is 0 Å². The largest absolute Gasteiger partial charge is 0.481 e. The van der Waals surface area contributed by atoms with Gasteiger partial charge in [0.2, 0.25) is 5.91 Å². The first-order valence-corrected chi connectivity index (χ1v) is 6.18. The third-order valence-electron chi connectivity index (χ3n) is 2.76. The van der Waals surface area contributed by atoms with Crippen molar-refractivity contribution in [2.24, 2.45) is 17.6 Å². The van der Waals surface area contributed by atoms with Crippen molar-refractivity contribution in [1.29, 1.82) is 0 Å². The Labute approximate surface area is 103 Å². The first kappa shape index (κ1) is 15.9. The van der Waals surface area contributed by atoms with E-state index in [1.807, 2.05) is 13.8 Å². The fourth-order valence-electron chi connectivity index (χ4n) is 1.60. The van der Waals surface area contributed by atoms with Gasteiger partial charge in [0.15, 0.2) is 0 Å². The molecule has 1 amide bonds. The van der Waals surface area contributed by atoms with Crippen molar-refractivity contribution in [3.8, 4) is 0 Å². The summed E-state index contributed by atoms with van der Waals surface area (Å²) in [5.41, 5.74) is 5.53. The van der Waals surface area contributed by atoms with E-state index in [1.165, 1.54) is 0 Å². The molecule has 5 nitrogen and oxygen atoms in total. The number of hydrogen-bond donors (Lipinski definition) is 3. The minimum Gasteiger partial charge on any atom is -0.481 e. The zero-order chi connectivity index (χ0) is 13.3. The molecule has 0 aliphatic carbocycles. The van der Waals surface area contributed by atoms with Gasteiger partial charge in [-0.25, -0.2) is 0 Å². The molecule has 0 aromatic carbocycles. The van der Waals surface area contributed by atoms with Gasteiger partial charge >= 0.3 is 5.97 Å². The van der Waals surface area contributed by atoms with Crippen LogP contribution in [0.5, 0.6) is 0 Å². The molecule has 0 radical (unpaired) electrons. The molecule has 0 spiro atoms. The normalized spacial score (nSPS) is 12.5. The van der Waals surface area contributed by atoms with Gasteiger partial charge in [-0.1, -0.05) is 20.3 Å². The van der Waals surface area contributed by atoms with E-state index in [1.54, 1.807) is 0 Å². The summed E-state index contributed by atoms with van der Waals surface area (Å²) in [5.74, 6) is -0.654. The lowest BCUT2D eigenvalue weighted by atomic mass is 9.95. The van der Waals surface area contributed by atoms with Crippen LogP contribution in [0.4, 0.5) is 0 Å². The molecule has 4 N–H and O–H groups in total. The number of carbonyl (C=O) groups excluding carboxylic acids is 1. The van der Waals surface area contributed by atoms with Crippen molar-refractivity contribution in [3.63, 3.8) is 0 Å². The number of carboxylic acids is 1. The molecule has 0 rings (SSSR count). The highest BCUT2D eigenvalue weighted by molar-refractivity contribution is 5.79. The second-order valence-corrected chi connectivity index (χ2v) is 4.58. The van der Waals surface area contributed by atoms with Crippen molar-refractivity contribution in [3.05, 3.63) is 0 Å². The summed E-state index contributed by atoms with van der Waals surface area (Å²) < 4.78 is 0. The minimum absolute atomic E-state index is 0.000680. The number of amides is 1. The van der Waals surface area contributed by atoms with Crippen molar-refractivity contribution < 1.29 is 14.7 Å². The zero-order valence-corrected chi connectivity index (χ0v) is 10.7. The van der Waals surface area contributed by atoms with Crippen molar-refractivity contribution in [2.45, 2.75) is 39.5 Å². The molecular weight excluding hydrogens is 220 g/mol. The van der Waals surface area contributed by atoms with Gasteiger partial charge in [-0.2, -0.15) is 0 Å². The molecule has 0 fully saturated rings. The minimum atomic E-state index is -0.767. The van der Waals surface area contributed by atoms with E-state index in [-0.39, 0.29) is 24.2 Å². The molecule has 0 saturated heterocycles. The fraction of sp³-hybridized carbons (Fsp3) is 0.833. The maximum Gasteiger partial charge on any atom is 0.303 e. The lowest BCUT2D eigenvalue weighted by molar-refractivity contribution is -0.137. The Hall–Kier alpha value is -1.10. The van der Waals surface area contributed by atoms with Crippen LogP contribution in [0.3, 0.4) is 0 Å². The molecule has 1 atom stereocenters. The van der Waals surface area contributed by atoms with Crippen LogP contribution in [-0.4, -0.2) is 30.1 Å². The quantitative estimate of drug-likeness (QED) is 0.527. The van der Waals surface area contributed by atoms with Crippen LogP contribution in [0.15, 0.2) is 0 Å². The van der Waals surface area contributed by atoms with Gasteiger partial charge in [0, 0.05) is 19.5 Å². The molecule has 0 aromatic rings.